The van der Waals surface area contributed by atoms with Gasteiger partial charge in [0, 0.05) is 131 Å². The predicted octanol–water partition coefficient (Wildman–Crippen LogP) is 12.8. The fourth-order valence-electron chi connectivity index (χ4n) is 13.8. The molecule has 0 unspecified atom stereocenters. The Labute approximate surface area is 818 Å². The molecule has 0 aliphatic carbocycles. The monoisotopic (exact) mass is 2030 g/mol. The number of hydrazine groups is 4. The van der Waals surface area contributed by atoms with E-state index in [0.29, 0.717) is 67.8 Å². The number of halogens is 14. The van der Waals surface area contributed by atoms with Gasteiger partial charge in [0.1, 0.15) is 40.2 Å². The van der Waals surface area contributed by atoms with Crippen molar-refractivity contribution >= 4 is 122 Å². The number of carbonyl (C=O) groups excluding carboxylic acids is 5. The highest BCUT2D eigenvalue weighted by molar-refractivity contribution is 5.95. The molecule has 3 saturated heterocycles. The number of piperazine rings is 2. The average Bonchev–Trinajstić information content (AvgIpc) is 0.851. The number of nitrogens with zero attached hydrogens (tertiary/aromatic N) is 17. The molecule has 4 amide bonds. The van der Waals surface area contributed by atoms with E-state index < -0.39 is 82.2 Å². The molecule has 39 nitrogen and oxygen atoms in total. The number of ketones is 1. The molecule has 53 heteroatoms. The number of hydrogen-bond acceptors (Lipinski definition) is 35. The van der Waals surface area contributed by atoms with E-state index in [4.69, 9.17) is 14.9 Å². The Morgan fingerprint density at radius 1 is 0.366 bits per heavy atom. The summed E-state index contributed by atoms with van der Waals surface area (Å²) in [7, 11) is 0. The summed E-state index contributed by atoms with van der Waals surface area (Å²) in [5.41, 5.74) is 21.1. The molecule has 766 valence electrons. The fraction of sp³-hybridized carbons (Fsp3) is 0.293. The van der Waals surface area contributed by atoms with E-state index in [-0.39, 0.29) is 106 Å². The maximum atomic E-state index is 14.3. The normalized spacial score (nSPS) is 13.5. The van der Waals surface area contributed by atoms with Crippen LogP contribution in [0.1, 0.15) is 88.9 Å². The van der Waals surface area contributed by atoms with Crippen molar-refractivity contribution in [3.8, 4) is 0 Å². The Hall–Kier alpha value is -16.3. The second-order valence-corrected chi connectivity index (χ2v) is 31.9. The van der Waals surface area contributed by atoms with E-state index in [9.17, 15) is 85.4 Å². The van der Waals surface area contributed by atoms with Crippen molar-refractivity contribution in [1.29, 1.82) is 0 Å². The minimum absolute atomic E-state index is 0.0180. The highest BCUT2D eigenvalue weighted by atomic mass is 19.4. The summed E-state index contributed by atoms with van der Waals surface area (Å²) in [6.07, 6.45) is -9.71. The number of Topliss-reactive ketones (excluding diaryl/α,β-unsaturated/α-hetero) is 1. The first kappa shape index (κ1) is 108. The summed E-state index contributed by atoms with van der Waals surface area (Å²) < 4.78 is 188. The highest BCUT2D eigenvalue weighted by Gasteiger charge is 2.35. The van der Waals surface area contributed by atoms with E-state index >= 15 is 0 Å². The number of alkyl halides is 12. The van der Waals surface area contributed by atoms with Crippen LogP contribution in [-0.2, 0) is 34.2 Å². The minimum Gasteiger partial charge on any atom is -0.395 e. The number of amides is 4. The number of pyridine rings is 4. The molecule has 3 fully saturated rings. The number of rotatable bonds is 34. The van der Waals surface area contributed by atoms with Crippen molar-refractivity contribution in [2.24, 2.45) is 0 Å². The molecule has 12 aromatic rings. The number of β-amino-alcohol motifs (C(OH)–C–C–N with tert-alkyl or cyclic N) is 2. The highest BCUT2D eigenvalue weighted by Crippen LogP contribution is 2.37. The summed E-state index contributed by atoms with van der Waals surface area (Å²) in [5, 5.41) is 35.2. The summed E-state index contributed by atoms with van der Waals surface area (Å²) >= 11 is 0. The van der Waals surface area contributed by atoms with Crippen LogP contribution in [-0.4, -0.2) is 239 Å². The van der Waals surface area contributed by atoms with Gasteiger partial charge in [-0.15, -0.1) is 0 Å². The van der Waals surface area contributed by atoms with Crippen LogP contribution in [0.4, 0.5) is 154 Å². The van der Waals surface area contributed by atoms with Crippen molar-refractivity contribution < 1.29 is 100 Å². The topological polar surface area (TPSA) is 474 Å². The van der Waals surface area contributed by atoms with Crippen LogP contribution in [0.15, 0.2) is 195 Å². The van der Waals surface area contributed by atoms with Crippen LogP contribution in [0.5, 0.6) is 0 Å². The van der Waals surface area contributed by atoms with E-state index in [2.05, 4.69) is 155 Å². The van der Waals surface area contributed by atoms with Gasteiger partial charge in [-0.25, -0.2) is 48.7 Å². The number of aryl methyl sites for hydroxylation is 2. The number of nitrogens with one attached hydrogen (secondary N) is 14. The molecule has 3 aliphatic rings. The van der Waals surface area contributed by atoms with E-state index in [1.165, 1.54) is 117 Å². The lowest BCUT2D eigenvalue weighted by Gasteiger charge is -2.35. The number of benzene rings is 4. The minimum atomic E-state index is -4.47. The lowest BCUT2D eigenvalue weighted by Crippen LogP contribution is -2.47. The zero-order valence-corrected chi connectivity index (χ0v) is 77.4. The van der Waals surface area contributed by atoms with Gasteiger partial charge in [-0.3, -0.25) is 82.1 Å². The van der Waals surface area contributed by atoms with E-state index in [1.807, 2.05) is 26.0 Å². The van der Waals surface area contributed by atoms with E-state index in [1.54, 1.807) is 17.0 Å². The lowest BCUT2D eigenvalue weighted by molar-refractivity contribution is -0.138. The van der Waals surface area contributed by atoms with Gasteiger partial charge in [0.15, 0.2) is 23.3 Å². The molecular formula is C92H97F14N31O8. The molecule has 16 N–H and O–H groups in total. The number of aliphatic hydroxyl groups is 2. The number of morpholine rings is 1. The molecule has 0 radical (unpaired) electrons. The molecule has 15 rings (SSSR count). The number of aliphatic hydroxyl groups excluding tert-OH is 2. The molecular weight excluding hydrogens is 1930 g/mol. The van der Waals surface area contributed by atoms with Crippen LogP contribution in [0.2, 0.25) is 0 Å². The quantitative estimate of drug-likeness (QED) is 0.0101. The van der Waals surface area contributed by atoms with Crippen molar-refractivity contribution in [2.75, 3.05) is 188 Å². The fourth-order valence-corrected chi connectivity index (χ4v) is 13.8. The van der Waals surface area contributed by atoms with E-state index in [0.717, 1.165) is 150 Å². The molecule has 0 atom stereocenters. The van der Waals surface area contributed by atoms with Crippen LogP contribution >= 0.6 is 0 Å². The maximum absolute atomic E-state index is 14.3. The van der Waals surface area contributed by atoms with Gasteiger partial charge in [0.25, 0.3) is 23.6 Å². The molecule has 4 aromatic carbocycles. The number of aromatic nitrogens is 12. The second kappa shape index (κ2) is 50.9. The Morgan fingerprint density at radius 2 is 0.724 bits per heavy atom. The second-order valence-electron chi connectivity index (χ2n) is 31.9. The molecule has 145 heavy (non-hydrogen) atoms. The maximum Gasteiger partial charge on any atom is 0.416 e. The van der Waals surface area contributed by atoms with Crippen LogP contribution in [0, 0.1) is 25.5 Å². The van der Waals surface area contributed by atoms with Crippen molar-refractivity contribution in [3.63, 3.8) is 0 Å². The molecule has 0 bridgehead atoms. The third-order valence-electron chi connectivity index (χ3n) is 21.0. The third-order valence-corrected chi connectivity index (χ3v) is 21.0. The van der Waals surface area contributed by atoms with Gasteiger partial charge in [-0.05, 0) is 155 Å². The smallest absolute Gasteiger partial charge is 0.395 e. The molecule has 0 spiro atoms. The van der Waals surface area contributed by atoms with Gasteiger partial charge in [0.05, 0.1) is 115 Å². The summed E-state index contributed by atoms with van der Waals surface area (Å²) in [4.78, 5) is 120. The van der Waals surface area contributed by atoms with Crippen molar-refractivity contribution in [3.05, 3.63) is 263 Å². The number of ether oxygens (including phenoxy) is 1. The first-order valence-corrected chi connectivity index (χ1v) is 44.4. The van der Waals surface area contributed by atoms with Crippen molar-refractivity contribution in [1.82, 2.24) is 96.2 Å². The Balaban J connectivity index is 0.000000172. The van der Waals surface area contributed by atoms with Crippen LogP contribution in [0.3, 0.4) is 0 Å². The molecule has 0 saturated carbocycles. The first-order valence-electron chi connectivity index (χ1n) is 44.4. The van der Waals surface area contributed by atoms with Crippen LogP contribution < -0.4 is 85.1 Å². The predicted molar refractivity (Wildman–Crippen MR) is 509 cm³/mol. The van der Waals surface area contributed by atoms with Crippen LogP contribution in [0.25, 0.3) is 0 Å². The summed E-state index contributed by atoms with van der Waals surface area (Å²) in [6.45, 7) is 16.8. The molecule has 11 heterocycles. The zero-order valence-electron chi connectivity index (χ0n) is 77.4. The SMILES string of the molecule is CC(=O)CNc1nc(NNC(=O)c2ccc(Nc3cccc(C(F)(F)F)c3)cn2)ncc1F.Cc1cc(N2CCN(CCO)CC2)nc(NNC(=O)c2ccc(Nc3cccc(C(F)(F)F)c3)cn2)n1.Cc1cc(NCCCN2CCOCC2)nc(NNC(=O)c2ccc(Nc3cccc(C(F)(F)F)c3)cn2)n1.O=C(NNc1ncc(F)c(N2CCN(CCO)CC2)n1)c1ccc(Nc2cccc(C(F)(F)F)c2)cn1. The standard InChI is InChI=1S/C25H29F3N8O2.C24H27F3N8O2.C23H24F4N8O2.C20H17F4N7O2/c1-17-14-22(29-8-3-9-36-10-12-38-13-11-36)33-24(31-17)35-34-23(37)21-7-6-20(16-30-21)32-19-5-2-4-18(15-19)25(26,27)28;1-16-13-21(35-9-7-34(8-10-35)11-12-36)31-23(29-16)33-32-22(37)20-6-5-19(15-28-20)30-18-4-2-3-17(14-18)24(25,26)27;24-18-14-29-22(31-20(18)35-8-6-34(7-9-35)10-11-36)33-32-21(37)19-5-4-17(13-28-19)30-16-3-1-2-15(12-16)23(25,26)27;1-11(32)8-26-17-15(21)10-27-19(29-17)31-30-18(33)16-6-5-14(9-25-16)28-13-4-2-3-12(7-13)20(22,23)24/h2,4-7,14-16,32H,3,8-13H2,1H3,(H,34,37)(H2,29,31,33,35);2-6,13-15,30,36H,7-12H2,1H3,(H,32,37)(H,29,31,33);1-5,12-14,30,36H,6-11H2,(H,32,37)(H,29,31,33);2-7,9-10,28H,8H2,1H3,(H,30,33)(H2,26,27,29,31). The number of carbonyl (C=O) groups is 5. The Bertz CT molecular complexity index is 6310. The Kier molecular flexibility index (Phi) is 37.8. The lowest BCUT2D eigenvalue weighted by atomic mass is 10.2. The van der Waals surface area contributed by atoms with Gasteiger partial charge in [0.2, 0.25) is 23.8 Å². The zero-order chi connectivity index (χ0) is 104. The first-order chi connectivity index (χ1) is 69.3. The van der Waals surface area contributed by atoms with Gasteiger partial charge >= 0.3 is 24.7 Å². The largest absolute Gasteiger partial charge is 0.416 e. The van der Waals surface area contributed by atoms with Crippen molar-refractivity contribution in [2.45, 2.75) is 51.9 Å². The number of hydrogen-bond donors (Lipinski definition) is 16. The van der Waals surface area contributed by atoms with Gasteiger partial charge in [-0.1, -0.05) is 24.3 Å². The third kappa shape index (κ3) is 34.0. The summed E-state index contributed by atoms with van der Waals surface area (Å²) in [5.74, 6) is -2.44. The Morgan fingerprint density at radius 3 is 1.10 bits per heavy atom. The average molecular weight is 2030 g/mol. The molecule has 3 aliphatic heterocycles. The molecule has 8 aromatic heterocycles. The van der Waals surface area contributed by atoms with Gasteiger partial charge in [-0.2, -0.15) is 72.6 Å². The van der Waals surface area contributed by atoms with Gasteiger partial charge < -0.3 is 56.7 Å². The summed E-state index contributed by atoms with van der Waals surface area (Å²) in [6, 6.07) is 34.3. The number of anilines is 16.